The summed E-state index contributed by atoms with van der Waals surface area (Å²) < 4.78 is 53.6. The minimum Gasteiger partial charge on any atom is -0.400 e. The lowest BCUT2D eigenvalue weighted by atomic mass is 10.0. The van der Waals surface area contributed by atoms with Gasteiger partial charge < -0.3 is 21.1 Å². The van der Waals surface area contributed by atoms with Crippen molar-refractivity contribution in [2.45, 2.75) is 48.9 Å². The van der Waals surface area contributed by atoms with Gasteiger partial charge in [-0.2, -0.15) is 0 Å². The van der Waals surface area contributed by atoms with E-state index in [-0.39, 0.29) is 16.9 Å². The predicted octanol–water partition coefficient (Wildman–Crippen LogP) is 3.54. The molecule has 0 bridgehead atoms. The van der Waals surface area contributed by atoms with E-state index in [0.717, 1.165) is 24.3 Å². The minimum absolute atomic E-state index is 0.113. The summed E-state index contributed by atoms with van der Waals surface area (Å²) in [5.41, 5.74) is 2.95. The zero-order valence-corrected chi connectivity index (χ0v) is 23.6. The fourth-order valence-electron chi connectivity index (χ4n) is 4.74. The SMILES string of the molecule is CO.Cc1cccc(CNCCC(Cc2cc(F)cc(F)c2)NC(=O)c2cccc(S(=O)(=O)C3CCNC3)c2)c1. The summed E-state index contributed by atoms with van der Waals surface area (Å²) in [5.74, 6) is -1.80. The summed E-state index contributed by atoms with van der Waals surface area (Å²) in [6.07, 6.45) is 1.25. The Kier molecular flexibility index (Phi) is 11.8. The van der Waals surface area contributed by atoms with Gasteiger partial charge in [0.05, 0.1) is 10.1 Å². The number of nitrogens with one attached hydrogen (secondary N) is 3. The lowest BCUT2D eigenvalue weighted by Gasteiger charge is -2.20. The van der Waals surface area contributed by atoms with E-state index in [9.17, 15) is 22.0 Å². The van der Waals surface area contributed by atoms with Crippen molar-refractivity contribution in [1.29, 1.82) is 0 Å². The van der Waals surface area contributed by atoms with Crippen LogP contribution >= 0.6 is 0 Å². The molecule has 3 aromatic rings. The van der Waals surface area contributed by atoms with E-state index in [1.54, 1.807) is 12.1 Å². The molecule has 2 unspecified atom stereocenters. The maximum atomic E-state index is 13.8. The molecule has 40 heavy (non-hydrogen) atoms. The van der Waals surface area contributed by atoms with Crippen LogP contribution in [0.1, 0.15) is 39.9 Å². The molecule has 1 saturated heterocycles. The largest absolute Gasteiger partial charge is 0.400 e. The van der Waals surface area contributed by atoms with Gasteiger partial charge in [-0.1, -0.05) is 35.9 Å². The van der Waals surface area contributed by atoms with E-state index in [1.807, 2.05) is 25.1 Å². The molecule has 1 aliphatic rings. The van der Waals surface area contributed by atoms with Crippen LogP contribution in [0.3, 0.4) is 0 Å². The van der Waals surface area contributed by atoms with Crippen LogP contribution in [0.4, 0.5) is 8.78 Å². The van der Waals surface area contributed by atoms with E-state index >= 15 is 0 Å². The standard InChI is InChI=1S/C29H33F2N3O3S.CH4O/c1-20-4-2-5-21(12-20)18-32-10-8-26(15-22-13-24(30)17-25(31)14-22)34-29(35)23-6-3-7-27(16-23)38(36,37)28-9-11-33-19-28;1-2/h2-7,12-14,16-17,26,28,32-33H,8-11,15,18-19H2,1H3,(H,34,35);2H,1H3. The van der Waals surface area contributed by atoms with Crippen molar-refractivity contribution in [3.63, 3.8) is 0 Å². The summed E-state index contributed by atoms with van der Waals surface area (Å²) in [7, 11) is -2.56. The fraction of sp³-hybridized carbons (Fsp3) is 0.367. The van der Waals surface area contributed by atoms with Crippen molar-refractivity contribution in [2.75, 3.05) is 26.7 Å². The molecule has 0 spiro atoms. The third-order valence-electron chi connectivity index (χ3n) is 6.70. The zero-order valence-electron chi connectivity index (χ0n) is 22.8. The van der Waals surface area contributed by atoms with Crippen LogP contribution in [0.5, 0.6) is 0 Å². The van der Waals surface area contributed by atoms with E-state index in [2.05, 4.69) is 22.0 Å². The van der Waals surface area contributed by atoms with Gasteiger partial charge >= 0.3 is 0 Å². The third-order valence-corrected chi connectivity index (χ3v) is 8.89. The van der Waals surface area contributed by atoms with E-state index in [1.165, 1.54) is 24.3 Å². The van der Waals surface area contributed by atoms with Gasteiger partial charge in [0, 0.05) is 37.9 Å². The van der Waals surface area contributed by atoms with Gasteiger partial charge in [-0.25, -0.2) is 17.2 Å². The van der Waals surface area contributed by atoms with Crippen LogP contribution in [0.15, 0.2) is 71.6 Å². The molecule has 3 aromatic carbocycles. The molecule has 0 saturated carbocycles. The first-order chi connectivity index (χ1) is 19.2. The van der Waals surface area contributed by atoms with Gasteiger partial charge in [0.25, 0.3) is 5.91 Å². The number of rotatable bonds is 11. The molecular weight excluding hydrogens is 536 g/mol. The van der Waals surface area contributed by atoms with Crippen molar-refractivity contribution < 1.29 is 27.1 Å². The lowest BCUT2D eigenvalue weighted by molar-refractivity contribution is 0.0934. The highest BCUT2D eigenvalue weighted by Gasteiger charge is 2.30. The number of hydrogen-bond donors (Lipinski definition) is 4. The van der Waals surface area contributed by atoms with Crippen molar-refractivity contribution >= 4 is 15.7 Å². The van der Waals surface area contributed by atoms with Crippen molar-refractivity contribution in [3.8, 4) is 0 Å². The second-order valence-corrected chi connectivity index (χ2v) is 12.0. The first kappa shape index (κ1) is 31.3. The molecule has 1 fully saturated rings. The van der Waals surface area contributed by atoms with Gasteiger partial charge in [-0.3, -0.25) is 4.79 Å². The molecule has 216 valence electrons. The zero-order chi connectivity index (χ0) is 29.1. The molecule has 4 rings (SSSR count). The highest BCUT2D eigenvalue weighted by atomic mass is 32.2. The van der Waals surface area contributed by atoms with Crippen LogP contribution in [0.2, 0.25) is 0 Å². The Balaban J connectivity index is 0.00000216. The molecule has 0 aromatic heterocycles. The summed E-state index contributed by atoms with van der Waals surface area (Å²) in [4.78, 5) is 13.3. The molecule has 4 N–H and O–H groups in total. The normalized spacial score (nSPS) is 15.7. The second kappa shape index (κ2) is 15.0. The number of carbonyl (C=O) groups excluding carboxylic acids is 1. The minimum atomic E-state index is -3.56. The molecular formula is C30H37F2N3O4S. The molecule has 1 amide bonds. The van der Waals surface area contributed by atoms with Crippen LogP contribution in [0.25, 0.3) is 0 Å². The number of aryl methyl sites for hydroxylation is 1. The van der Waals surface area contributed by atoms with E-state index < -0.39 is 38.7 Å². The van der Waals surface area contributed by atoms with Crippen molar-refractivity contribution in [2.24, 2.45) is 0 Å². The molecule has 10 heteroatoms. The van der Waals surface area contributed by atoms with Crippen LogP contribution in [-0.2, 0) is 22.8 Å². The van der Waals surface area contributed by atoms with Crippen molar-refractivity contribution in [1.82, 2.24) is 16.0 Å². The van der Waals surface area contributed by atoms with Gasteiger partial charge in [0.1, 0.15) is 11.6 Å². The molecule has 0 aliphatic carbocycles. The Morgan fingerprint density at radius 3 is 2.42 bits per heavy atom. The Labute approximate surface area is 234 Å². The highest BCUT2D eigenvalue weighted by molar-refractivity contribution is 7.92. The maximum Gasteiger partial charge on any atom is 0.251 e. The number of amides is 1. The summed E-state index contributed by atoms with van der Waals surface area (Å²) in [6.45, 7) is 4.26. The topological polar surface area (TPSA) is 108 Å². The number of sulfone groups is 1. The number of hydrogen-bond acceptors (Lipinski definition) is 6. The molecule has 7 nitrogen and oxygen atoms in total. The summed E-state index contributed by atoms with van der Waals surface area (Å²) in [6, 6.07) is 17.0. The maximum absolute atomic E-state index is 13.8. The van der Waals surface area contributed by atoms with Gasteiger partial charge in [0.15, 0.2) is 9.84 Å². The smallest absolute Gasteiger partial charge is 0.251 e. The third kappa shape index (κ3) is 8.92. The Hall–Kier alpha value is -3.18. The molecule has 0 radical (unpaired) electrons. The van der Waals surface area contributed by atoms with Crippen LogP contribution in [0, 0.1) is 18.6 Å². The highest BCUT2D eigenvalue weighted by Crippen LogP contribution is 2.22. The number of halogens is 2. The Morgan fingerprint density at radius 1 is 1.02 bits per heavy atom. The first-order valence-electron chi connectivity index (χ1n) is 13.2. The van der Waals surface area contributed by atoms with E-state index in [0.29, 0.717) is 44.6 Å². The molecule has 2 atom stereocenters. The number of aliphatic hydroxyl groups is 1. The lowest BCUT2D eigenvalue weighted by Crippen LogP contribution is -2.38. The van der Waals surface area contributed by atoms with Crippen LogP contribution in [-0.4, -0.2) is 57.5 Å². The monoisotopic (exact) mass is 573 g/mol. The van der Waals surface area contributed by atoms with Gasteiger partial charge in [-0.05, 0) is 80.7 Å². The first-order valence-corrected chi connectivity index (χ1v) is 14.8. The second-order valence-electron chi connectivity index (χ2n) is 9.79. The molecule has 1 aliphatic heterocycles. The summed E-state index contributed by atoms with van der Waals surface area (Å²) in [5, 5.41) is 15.8. The summed E-state index contributed by atoms with van der Waals surface area (Å²) >= 11 is 0. The Bertz CT molecular complexity index is 1360. The number of aliphatic hydroxyl groups excluding tert-OH is 1. The predicted molar refractivity (Wildman–Crippen MR) is 152 cm³/mol. The van der Waals surface area contributed by atoms with Crippen molar-refractivity contribution in [3.05, 3.63) is 101 Å². The van der Waals surface area contributed by atoms with E-state index in [4.69, 9.17) is 5.11 Å². The van der Waals surface area contributed by atoms with Gasteiger partial charge in [0.2, 0.25) is 0 Å². The number of benzene rings is 3. The average Bonchev–Trinajstić information content (AvgIpc) is 3.48. The average molecular weight is 574 g/mol. The van der Waals surface area contributed by atoms with Gasteiger partial charge in [-0.15, -0.1) is 0 Å². The van der Waals surface area contributed by atoms with Crippen LogP contribution < -0.4 is 16.0 Å². The fourth-order valence-corrected chi connectivity index (χ4v) is 6.45. The number of carbonyl (C=O) groups is 1. The quantitative estimate of drug-likeness (QED) is 0.262. The molecule has 1 heterocycles. The Morgan fingerprint density at radius 2 is 1.75 bits per heavy atom.